The minimum absolute atomic E-state index is 0.0650. The zero-order chi connectivity index (χ0) is 20.5. The lowest BCUT2D eigenvalue weighted by Gasteiger charge is -2.09. The predicted molar refractivity (Wildman–Crippen MR) is 99.0 cm³/mol. The smallest absolute Gasteiger partial charge is 0.416 e. The molecule has 0 aliphatic carbocycles. The van der Waals surface area contributed by atoms with Gasteiger partial charge in [0.15, 0.2) is 0 Å². The van der Waals surface area contributed by atoms with E-state index >= 15 is 0 Å². The molecule has 28 heavy (non-hydrogen) atoms. The summed E-state index contributed by atoms with van der Waals surface area (Å²) >= 11 is 0. The predicted octanol–water partition coefficient (Wildman–Crippen LogP) is 4.86. The minimum Gasteiger partial charge on any atom is -0.481 e. The van der Waals surface area contributed by atoms with Crippen molar-refractivity contribution in [2.75, 3.05) is 0 Å². The summed E-state index contributed by atoms with van der Waals surface area (Å²) in [6.07, 6.45) is -4.41. The van der Waals surface area contributed by atoms with Crippen LogP contribution in [0.2, 0.25) is 0 Å². The number of aromatic nitrogens is 2. The van der Waals surface area contributed by atoms with Crippen molar-refractivity contribution in [1.82, 2.24) is 9.78 Å². The van der Waals surface area contributed by atoms with E-state index in [1.807, 2.05) is 31.2 Å². The number of hydrogen-bond acceptors (Lipinski definition) is 2. The molecule has 1 N–H and O–H groups in total. The lowest BCUT2D eigenvalue weighted by atomic mass is 10.0. The maximum atomic E-state index is 12.7. The van der Waals surface area contributed by atoms with Gasteiger partial charge in [0.25, 0.3) is 0 Å². The SMILES string of the molecule is Cc1nn(Cc2ccc(-c3ccc(C(F)(F)F)cc3)cc2)c(C)c1CC(=O)O. The molecule has 0 unspecified atom stereocenters. The van der Waals surface area contributed by atoms with Crippen molar-refractivity contribution in [3.05, 3.63) is 76.6 Å². The third-order valence-electron chi connectivity index (χ3n) is 4.69. The largest absolute Gasteiger partial charge is 0.481 e. The number of aliphatic carboxylic acids is 1. The Morgan fingerprint density at radius 2 is 1.54 bits per heavy atom. The van der Waals surface area contributed by atoms with Crippen LogP contribution >= 0.6 is 0 Å². The summed E-state index contributed by atoms with van der Waals surface area (Å²) in [5.74, 6) is -0.897. The Kier molecular flexibility index (Phi) is 5.27. The summed E-state index contributed by atoms with van der Waals surface area (Å²) in [6.45, 7) is 4.11. The highest BCUT2D eigenvalue weighted by molar-refractivity contribution is 5.71. The van der Waals surface area contributed by atoms with Gasteiger partial charge in [-0.3, -0.25) is 9.48 Å². The first-order valence-electron chi connectivity index (χ1n) is 8.66. The zero-order valence-corrected chi connectivity index (χ0v) is 15.4. The first-order valence-corrected chi connectivity index (χ1v) is 8.66. The van der Waals surface area contributed by atoms with E-state index in [4.69, 9.17) is 5.11 Å². The second-order valence-electron chi connectivity index (χ2n) is 6.65. The number of carboxylic acid groups (broad SMARTS) is 1. The van der Waals surface area contributed by atoms with Crippen LogP contribution < -0.4 is 0 Å². The number of alkyl halides is 3. The van der Waals surface area contributed by atoms with E-state index < -0.39 is 17.7 Å². The van der Waals surface area contributed by atoms with Crippen LogP contribution in [0.3, 0.4) is 0 Å². The Hall–Kier alpha value is -3.09. The maximum Gasteiger partial charge on any atom is 0.416 e. The summed E-state index contributed by atoms with van der Waals surface area (Å²) < 4.78 is 39.8. The standard InChI is InChI=1S/C21H19F3N2O2/c1-13-19(11-20(27)28)14(2)26(25-13)12-15-3-5-16(6-4-15)17-7-9-18(10-8-17)21(22,23)24/h3-10H,11-12H2,1-2H3,(H,27,28). The molecule has 0 fully saturated rings. The molecule has 7 heteroatoms. The molecule has 0 saturated heterocycles. The monoisotopic (exact) mass is 388 g/mol. The van der Waals surface area contributed by atoms with Gasteiger partial charge >= 0.3 is 12.1 Å². The van der Waals surface area contributed by atoms with E-state index in [1.54, 1.807) is 11.6 Å². The van der Waals surface area contributed by atoms with E-state index in [9.17, 15) is 18.0 Å². The highest BCUT2D eigenvalue weighted by atomic mass is 19.4. The van der Waals surface area contributed by atoms with Gasteiger partial charge in [-0.1, -0.05) is 36.4 Å². The fraction of sp³-hybridized carbons (Fsp3) is 0.238. The van der Waals surface area contributed by atoms with E-state index in [2.05, 4.69) is 5.10 Å². The number of aryl methyl sites for hydroxylation is 1. The first kappa shape index (κ1) is 19.7. The second kappa shape index (κ2) is 7.50. The van der Waals surface area contributed by atoms with Crippen molar-refractivity contribution >= 4 is 5.97 Å². The van der Waals surface area contributed by atoms with E-state index in [0.717, 1.165) is 29.0 Å². The molecule has 0 bridgehead atoms. The quantitative estimate of drug-likeness (QED) is 0.679. The average molecular weight is 388 g/mol. The number of carbonyl (C=O) groups is 1. The molecule has 3 rings (SSSR count). The van der Waals surface area contributed by atoms with Crippen LogP contribution in [0.5, 0.6) is 0 Å². The highest BCUT2D eigenvalue weighted by Crippen LogP contribution is 2.31. The Morgan fingerprint density at radius 1 is 1.00 bits per heavy atom. The van der Waals surface area contributed by atoms with Crippen LogP contribution in [0.15, 0.2) is 48.5 Å². The number of hydrogen-bond donors (Lipinski definition) is 1. The molecule has 2 aromatic carbocycles. The molecular formula is C21H19F3N2O2. The van der Waals surface area contributed by atoms with Crippen LogP contribution in [-0.2, 0) is 23.9 Å². The minimum atomic E-state index is -4.35. The van der Waals surface area contributed by atoms with Gasteiger partial charge in [-0.25, -0.2) is 0 Å². The summed E-state index contributed by atoms with van der Waals surface area (Å²) in [4.78, 5) is 11.0. The Balaban J connectivity index is 1.77. The summed E-state index contributed by atoms with van der Waals surface area (Å²) in [7, 11) is 0. The molecule has 0 radical (unpaired) electrons. The lowest BCUT2D eigenvalue weighted by molar-refractivity contribution is -0.138. The zero-order valence-electron chi connectivity index (χ0n) is 15.4. The number of rotatable bonds is 5. The molecule has 0 aliphatic heterocycles. The molecule has 0 atom stereocenters. The molecule has 1 aromatic heterocycles. The Labute approximate surface area is 160 Å². The van der Waals surface area contributed by atoms with Gasteiger partial charge in [-0.2, -0.15) is 18.3 Å². The number of carboxylic acids is 1. The van der Waals surface area contributed by atoms with Gasteiger partial charge in [-0.05, 0) is 42.7 Å². The van der Waals surface area contributed by atoms with Crippen molar-refractivity contribution in [1.29, 1.82) is 0 Å². The van der Waals surface area contributed by atoms with Crippen molar-refractivity contribution in [3.63, 3.8) is 0 Å². The van der Waals surface area contributed by atoms with Crippen LogP contribution in [0, 0.1) is 13.8 Å². The van der Waals surface area contributed by atoms with Crippen molar-refractivity contribution in [2.45, 2.75) is 33.0 Å². The Morgan fingerprint density at radius 3 is 2.04 bits per heavy atom. The first-order chi connectivity index (χ1) is 13.1. The second-order valence-corrected chi connectivity index (χ2v) is 6.65. The molecule has 146 valence electrons. The fourth-order valence-corrected chi connectivity index (χ4v) is 3.12. The van der Waals surface area contributed by atoms with E-state index in [0.29, 0.717) is 23.4 Å². The van der Waals surface area contributed by atoms with Gasteiger partial charge in [0.05, 0.1) is 24.2 Å². The van der Waals surface area contributed by atoms with Crippen LogP contribution in [0.1, 0.15) is 28.1 Å². The number of nitrogens with zero attached hydrogens (tertiary/aromatic N) is 2. The molecular weight excluding hydrogens is 369 g/mol. The van der Waals surface area contributed by atoms with Gasteiger partial charge in [0.1, 0.15) is 0 Å². The summed E-state index contributed by atoms with van der Waals surface area (Å²) in [5, 5.41) is 13.4. The lowest BCUT2D eigenvalue weighted by Crippen LogP contribution is -2.06. The van der Waals surface area contributed by atoms with Gasteiger partial charge < -0.3 is 5.11 Å². The highest BCUT2D eigenvalue weighted by Gasteiger charge is 2.29. The maximum absolute atomic E-state index is 12.7. The van der Waals surface area contributed by atoms with Gasteiger partial charge in [-0.15, -0.1) is 0 Å². The van der Waals surface area contributed by atoms with E-state index in [-0.39, 0.29) is 6.42 Å². The van der Waals surface area contributed by atoms with E-state index in [1.165, 1.54) is 12.1 Å². The van der Waals surface area contributed by atoms with Crippen LogP contribution in [0.25, 0.3) is 11.1 Å². The topological polar surface area (TPSA) is 55.1 Å². The third-order valence-corrected chi connectivity index (χ3v) is 4.69. The van der Waals surface area contributed by atoms with Crippen molar-refractivity contribution in [3.8, 4) is 11.1 Å². The van der Waals surface area contributed by atoms with Gasteiger partial charge in [0, 0.05) is 11.3 Å². The van der Waals surface area contributed by atoms with Crippen LogP contribution in [0.4, 0.5) is 13.2 Å². The number of benzene rings is 2. The third kappa shape index (κ3) is 4.24. The molecule has 0 spiro atoms. The molecule has 0 saturated carbocycles. The molecule has 0 aliphatic rings. The molecule has 1 heterocycles. The molecule has 3 aromatic rings. The normalized spacial score (nSPS) is 11.6. The fourth-order valence-electron chi connectivity index (χ4n) is 3.12. The molecule has 4 nitrogen and oxygen atoms in total. The molecule has 0 amide bonds. The van der Waals surface area contributed by atoms with Gasteiger partial charge in [0.2, 0.25) is 0 Å². The average Bonchev–Trinajstić information content (AvgIpc) is 2.89. The van der Waals surface area contributed by atoms with Crippen molar-refractivity contribution < 1.29 is 23.1 Å². The Bertz CT molecular complexity index is 988. The summed E-state index contributed by atoms with van der Waals surface area (Å²) in [5.41, 5.74) is 4.03. The van der Waals surface area contributed by atoms with Crippen LogP contribution in [-0.4, -0.2) is 20.9 Å². The van der Waals surface area contributed by atoms with Crippen molar-refractivity contribution in [2.24, 2.45) is 0 Å². The summed E-state index contributed by atoms with van der Waals surface area (Å²) in [6, 6.07) is 12.5. The number of halogens is 3.